The second-order valence-electron chi connectivity index (χ2n) is 6.41. The zero-order chi connectivity index (χ0) is 18.2. The van der Waals surface area contributed by atoms with Gasteiger partial charge in [-0.1, -0.05) is 56.6 Å². The molecule has 1 atom stereocenters. The Balaban J connectivity index is 1.82. The third-order valence-corrected chi connectivity index (χ3v) is 5.74. The van der Waals surface area contributed by atoms with Gasteiger partial charge in [0.15, 0.2) is 0 Å². The zero-order valence-electron chi connectivity index (χ0n) is 15.1. The molecule has 2 aromatic carbocycles. The first-order valence-corrected chi connectivity index (χ1v) is 10.0. The van der Waals surface area contributed by atoms with Gasteiger partial charge in [-0.25, -0.2) is 0 Å². The molecule has 134 valence electrons. The molecule has 4 heteroatoms. The van der Waals surface area contributed by atoms with Crippen LogP contribution in [0.2, 0.25) is 5.02 Å². The summed E-state index contributed by atoms with van der Waals surface area (Å²) in [5.74, 6) is 0.644. The van der Waals surface area contributed by atoms with E-state index >= 15 is 0 Å². The van der Waals surface area contributed by atoms with E-state index in [0.29, 0.717) is 17.5 Å². The molecule has 0 aliphatic rings. The lowest BCUT2D eigenvalue weighted by Crippen LogP contribution is -2.33. The Morgan fingerprint density at radius 3 is 2.28 bits per heavy atom. The molecule has 0 unspecified atom stereocenters. The number of halogens is 1. The Morgan fingerprint density at radius 2 is 1.72 bits per heavy atom. The Morgan fingerprint density at radius 1 is 1.08 bits per heavy atom. The van der Waals surface area contributed by atoms with E-state index in [4.69, 9.17) is 11.6 Å². The molecule has 0 spiro atoms. The Kier molecular flexibility index (Phi) is 7.86. The van der Waals surface area contributed by atoms with Gasteiger partial charge in [0, 0.05) is 16.5 Å². The van der Waals surface area contributed by atoms with Crippen molar-refractivity contribution in [1.82, 2.24) is 5.32 Å². The molecule has 25 heavy (non-hydrogen) atoms. The van der Waals surface area contributed by atoms with E-state index in [2.05, 4.69) is 43.4 Å². The van der Waals surface area contributed by atoms with Crippen LogP contribution in [0.5, 0.6) is 0 Å². The lowest BCUT2D eigenvalue weighted by atomic mass is 10.0. The van der Waals surface area contributed by atoms with Crippen LogP contribution >= 0.6 is 23.4 Å². The maximum atomic E-state index is 12.4. The highest BCUT2D eigenvalue weighted by Gasteiger charge is 2.17. The summed E-state index contributed by atoms with van der Waals surface area (Å²) in [6.45, 7) is 7.09. The normalized spacial score (nSPS) is 12.2. The van der Waals surface area contributed by atoms with Gasteiger partial charge in [-0.2, -0.15) is 0 Å². The number of hydrogen-bond acceptors (Lipinski definition) is 2. The van der Waals surface area contributed by atoms with Gasteiger partial charge in [-0.3, -0.25) is 4.79 Å². The summed E-state index contributed by atoms with van der Waals surface area (Å²) in [6.07, 6.45) is 1.65. The molecule has 0 aliphatic carbocycles. The minimum absolute atomic E-state index is 0.0792. The summed E-state index contributed by atoms with van der Waals surface area (Å²) in [6, 6.07) is 16.3. The van der Waals surface area contributed by atoms with Gasteiger partial charge >= 0.3 is 0 Å². The summed E-state index contributed by atoms with van der Waals surface area (Å²) in [5.41, 5.74) is 2.60. The highest BCUT2D eigenvalue weighted by molar-refractivity contribution is 8.00. The number of benzene rings is 2. The van der Waals surface area contributed by atoms with E-state index in [1.165, 1.54) is 11.1 Å². The summed E-state index contributed by atoms with van der Waals surface area (Å²) in [4.78, 5) is 13.5. The fourth-order valence-electron chi connectivity index (χ4n) is 2.51. The molecular formula is C21H26ClNOS. The van der Waals surface area contributed by atoms with Crippen LogP contribution in [-0.4, -0.2) is 17.7 Å². The summed E-state index contributed by atoms with van der Waals surface area (Å²) >= 11 is 7.50. The first-order valence-electron chi connectivity index (χ1n) is 8.78. The van der Waals surface area contributed by atoms with Crippen molar-refractivity contribution < 1.29 is 4.79 Å². The predicted molar refractivity (Wildman–Crippen MR) is 109 cm³/mol. The van der Waals surface area contributed by atoms with E-state index < -0.39 is 0 Å². The topological polar surface area (TPSA) is 29.1 Å². The number of carbonyl (C=O) groups is 1. The highest BCUT2D eigenvalue weighted by Crippen LogP contribution is 2.26. The second kappa shape index (κ2) is 9.88. The summed E-state index contributed by atoms with van der Waals surface area (Å²) < 4.78 is 0. The number of nitrogens with one attached hydrogen (secondary N) is 1. The standard InChI is InChI=1S/C21H26ClNOS/c1-4-20(25-19-11-9-18(22)10-12-19)21(24)23-14-13-16-5-7-17(8-6-16)15(2)3/h5-12,15,20H,4,13-14H2,1-3H3,(H,23,24)/t20-/m0/s1. The Hall–Kier alpha value is -1.45. The van der Waals surface area contributed by atoms with Gasteiger partial charge in [0.05, 0.1) is 5.25 Å². The number of amides is 1. The van der Waals surface area contributed by atoms with Gasteiger partial charge < -0.3 is 5.32 Å². The zero-order valence-corrected chi connectivity index (χ0v) is 16.7. The second-order valence-corrected chi connectivity index (χ2v) is 8.12. The number of carbonyl (C=O) groups excluding carboxylic acids is 1. The molecule has 2 nitrogen and oxygen atoms in total. The molecule has 0 heterocycles. The molecule has 0 bridgehead atoms. The fourth-order valence-corrected chi connectivity index (χ4v) is 3.62. The molecular weight excluding hydrogens is 350 g/mol. The average Bonchev–Trinajstić information content (AvgIpc) is 2.61. The van der Waals surface area contributed by atoms with Gasteiger partial charge in [-0.15, -0.1) is 11.8 Å². The fraction of sp³-hybridized carbons (Fsp3) is 0.381. The van der Waals surface area contributed by atoms with E-state index in [0.717, 1.165) is 17.7 Å². The minimum atomic E-state index is -0.0792. The SMILES string of the molecule is CC[C@H](Sc1ccc(Cl)cc1)C(=O)NCCc1ccc(C(C)C)cc1. The van der Waals surface area contributed by atoms with Crippen LogP contribution in [0.15, 0.2) is 53.4 Å². The smallest absolute Gasteiger partial charge is 0.233 e. The summed E-state index contributed by atoms with van der Waals surface area (Å²) in [5, 5.41) is 3.70. The van der Waals surface area contributed by atoms with Crippen LogP contribution in [0.1, 0.15) is 44.2 Å². The number of hydrogen-bond donors (Lipinski definition) is 1. The van der Waals surface area contributed by atoms with E-state index in [1.54, 1.807) is 11.8 Å². The van der Waals surface area contributed by atoms with Crippen molar-refractivity contribution in [2.45, 2.75) is 49.7 Å². The van der Waals surface area contributed by atoms with Gasteiger partial charge in [0.1, 0.15) is 0 Å². The van der Waals surface area contributed by atoms with Crippen molar-refractivity contribution in [1.29, 1.82) is 0 Å². The first kappa shape index (κ1) is 19.9. The van der Waals surface area contributed by atoms with Crippen molar-refractivity contribution >= 4 is 29.3 Å². The van der Waals surface area contributed by atoms with Crippen molar-refractivity contribution in [3.63, 3.8) is 0 Å². The lowest BCUT2D eigenvalue weighted by Gasteiger charge is -2.15. The van der Waals surface area contributed by atoms with E-state index in [9.17, 15) is 4.79 Å². The van der Waals surface area contributed by atoms with Crippen LogP contribution in [-0.2, 0) is 11.2 Å². The van der Waals surface area contributed by atoms with Crippen molar-refractivity contribution in [3.8, 4) is 0 Å². The molecule has 0 fully saturated rings. The molecule has 0 saturated heterocycles. The first-order chi connectivity index (χ1) is 12.0. The van der Waals surface area contributed by atoms with Crippen LogP contribution in [0.4, 0.5) is 0 Å². The van der Waals surface area contributed by atoms with Crippen LogP contribution < -0.4 is 5.32 Å². The lowest BCUT2D eigenvalue weighted by molar-refractivity contribution is -0.120. The van der Waals surface area contributed by atoms with Crippen LogP contribution in [0.25, 0.3) is 0 Å². The van der Waals surface area contributed by atoms with Crippen molar-refractivity contribution in [2.24, 2.45) is 0 Å². The Bertz CT molecular complexity index is 667. The largest absolute Gasteiger partial charge is 0.355 e. The third-order valence-electron chi connectivity index (χ3n) is 4.11. The predicted octanol–water partition coefficient (Wildman–Crippen LogP) is 5.69. The van der Waals surface area contributed by atoms with Crippen LogP contribution in [0, 0.1) is 0 Å². The molecule has 0 aliphatic heterocycles. The Labute approximate surface area is 160 Å². The van der Waals surface area contributed by atoms with Crippen molar-refractivity contribution in [2.75, 3.05) is 6.54 Å². The molecule has 2 rings (SSSR count). The van der Waals surface area contributed by atoms with E-state index in [-0.39, 0.29) is 11.2 Å². The average molecular weight is 376 g/mol. The molecule has 1 N–H and O–H groups in total. The molecule has 0 radical (unpaired) electrons. The number of rotatable bonds is 8. The van der Waals surface area contributed by atoms with Gasteiger partial charge in [0.2, 0.25) is 5.91 Å². The van der Waals surface area contributed by atoms with Gasteiger partial charge in [-0.05, 0) is 54.2 Å². The number of thioether (sulfide) groups is 1. The maximum Gasteiger partial charge on any atom is 0.233 e. The quantitative estimate of drug-likeness (QED) is 0.600. The van der Waals surface area contributed by atoms with Gasteiger partial charge in [0.25, 0.3) is 0 Å². The van der Waals surface area contributed by atoms with Crippen molar-refractivity contribution in [3.05, 3.63) is 64.7 Å². The molecule has 0 saturated carbocycles. The molecule has 2 aromatic rings. The van der Waals surface area contributed by atoms with E-state index in [1.807, 2.05) is 31.2 Å². The highest BCUT2D eigenvalue weighted by atomic mass is 35.5. The monoisotopic (exact) mass is 375 g/mol. The minimum Gasteiger partial charge on any atom is -0.355 e. The molecule has 0 aromatic heterocycles. The van der Waals surface area contributed by atoms with Crippen LogP contribution in [0.3, 0.4) is 0 Å². The maximum absolute atomic E-state index is 12.4. The third kappa shape index (κ3) is 6.41. The summed E-state index contributed by atoms with van der Waals surface area (Å²) in [7, 11) is 0. The molecule has 1 amide bonds.